The normalized spacial score (nSPS) is 21.6. The van der Waals surface area contributed by atoms with Gasteiger partial charge in [-0.25, -0.2) is 9.37 Å². The zero-order chi connectivity index (χ0) is 21.9. The van der Waals surface area contributed by atoms with Crippen LogP contribution < -0.4 is 27.7 Å². The highest BCUT2D eigenvalue weighted by Crippen LogP contribution is 2.52. The summed E-state index contributed by atoms with van der Waals surface area (Å²) in [5.74, 6) is 0.183. The Morgan fingerprint density at radius 2 is 2.03 bits per heavy atom. The molecule has 2 aromatic heterocycles. The van der Waals surface area contributed by atoms with Crippen molar-refractivity contribution in [1.29, 1.82) is 5.26 Å². The van der Waals surface area contributed by atoms with E-state index in [0.29, 0.717) is 17.7 Å². The van der Waals surface area contributed by atoms with Crippen molar-refractivity contribution in [2.45, 2.75) is 12.6 Å². The number of fused-ring (bicyclic) bond motifs is 2. The van der Waals surface area contributed by atoms with Gasteiger partial charge in [0.2, 0.25) is 5.95 Å². The molecule has 3 aromatic rings. The number of hydrogen-bond acceptors (Lipinski definition) is 9. The van der Waals surface area contributed by atoms with Crippen molar-refractivity contribution < 1.29 is 4.39 Å². The van der Waals surface area contributed by atoms with Gasteiger partial charge in [-0.1, -0.05) is 11.6 Å². The summed E-state index contributed by atoms with van der Waals surface area (Å²) in [5, 5.41) is 15.8. The van der Waals surface area contributed by atoms with Crippen LogP contribution in [0, 0.1) is 29.0 Å². The Kier molecular flexibility index (Phi) is 4.42. The van der Waals surface area contributed by atoms with Gasteiger partial charge < -0.3 is 22.1 Å². The minimum atomic E-state index is -0.643. The molecule has 0 spiro atoms. The molecule has 2 atom stereocenters. The average Bonchev–Trinajstić information content (AvgIpc) is 3.17. The second-order valence-electron chi connectivity index (χ2n) is 7.59. The molecular weight excluding hydrogens is 425 g/mol. The zero-order valence-corrected chi connectivity index (χ0v) is 16.8. The molecule has 2 unspecified atom stereocenters. The lowest BCUT2D eigenvalue weighted by Gasteiger charge is -2.17. The third-order valence-corrected chi connectivity index (χ3v) is 6.17. The van der Waals surface area contributed by atoms with Crippen LogP contribution in [0.1, 0.15) is 17.4 Å². The summed E-state index contributed by atoms with van der Waals surface area (Å²) >= 11 is 6.22. The Morgan fingerprint density at radius 1 is 1.29 bits per heavy atom. The summed E-state index contributed by atoms with van der Waals surface area (Å²) in [6.07, 6.45) is 0. The molecule has 10 nitrogen and oxygen atoms in total. The van der Waals surface area contributed by atoms with Gasteiger partial charge in [0.25, 0.3) is 5.56 Å². The van der Waals surface area contributed by atoms with E-state index >= 15 is 0 Å². The molecular formula is C19H17ClFN9O. The van der Waals surface area contributed by atoms with E-state index in [1.807, 2.05) is 6.07 Å². The Hall–Kier alpha value is -3.49. The van der Waals surface area contributed by atoms with Crippen molar-refractivity contribution in [3.05, 3.63) is 44.7 Å². The summed E-state index contributed by atoms with van der Waals surface area (Å²) in [4.78, 5) is 25.6. The number of nitriles is 1. The second-order valence-corrected chi connectivity index (χ2v) is 8.00. The number of hydrogen-bond donors (Lipinski definition) is 4. The number of nitrogens with zero attached hydrogens (tertiary/aromatic N) is 5. The van der Waals surface area contributed by atoms with Gasteiger partial charge >= 0.3 is 0 Å². The molecule has 1 aliphatic carbocycles. The Bertz CT molecular complexity index is 1320. The van der Waals surface area contributed by atoms with Crippen molar-refractivity contribution in [1.82, 2.24) is 24.8 Å². The molecule has 0 amide bonds. The zero-order valence-electron chi connectivity index (χ0n) is 16.1. The first-order valence-corrected chi connectivity index (χ1v) is 9.95. The second kappa shape index (κ2) is 7.04. The van der Waals surface area contributed by atoms with Crippen molar-refractivity contribution in [2.24, 2.45) is 11.8 Å². The molecule has 1 saturated carbocycles. The van der Waals surface area contributed by atoms with Crippen molar-refractivity contribution in [3.63, 3.8) is 0 Å². The first-order chi connectivity index (χ1) is 14.9. The number of nitrogen functional groups attached to an aromatic ring is 2. The van der Waals surface area contributed by atoms with Gasteiger partial charge in [0.05, 0.1) is 17.0 Å². The van der Waals surface area contributed by atoms with Crippen molar-refractivity contribution in [3.8, 4) is 6.07 Å². The van der Waals surface area contributed by atoms with E-state index in [0.717, 1.165) is 13.1 Å². The van der Waals surface area contributed by atoms with Crippen LogP contribution >= 0.6 is 11.6 Å². The maximum Gasteiger partial charge on any atom is 0.263 e. The molecule has 1 aliphatic heterocycles. The molecule has 5 rings (SSSR count). The summed E-state index contributed by atoms with van der Waals surface area (Å²) in [6, 6.07) is 4.39. The quantitative estimate of drug-likeness (QED) is 0.463. The summed E-state index contributed by atoms with van der Waals surface area (Å²) in [5.41, 5.74) is 10.9. The maximum absolute atomic E-state index is 14.5. The Morgan fingerprint density at radius 3 is 2.74 bits per heavy atom. The van der Waals surface area contributed by atoms with Crippen LogP contribution in [-0.2, 0) is 6.54 Å². The number of anilines is 3. The summed E-state index contributed by atoms with van der Waals surface area (Å²) < 4.78 is 16.1. The monoisotopic (exact) mass is 441 g/mol. The van der Waals surface area contributed by atoms with E-state index in [4.69, 9.17) is 23.1 Å². The van der Waals surface area contributed by atoms with Gasteiger partial charge in [-0.2, -0.15) is 15.2 Å². The van der Waals surface area contributed by atoms with Crippen molar-refractivity contribution in [2.75, 3.05) is 29.9 Å². The molecule has 1 saturated heterocycles. The van der Waals surface area contributed by atoms with Gasteiger partial charge in [0.15, 0.2) is 5.82 Å². The summed E-state index contributed by atoms with van der Waals surface area (Å²) in [7, 11) is 0. The lowest BCUT2D eigenvalue weighted by atomic mass is 10.2. The molecule has 0 bridgehead atoms. The SMILES string of the molecule is N#Cc1c(N)nc(N)nc1NCc1nc2c(F)ccc(Cl)c2c(=O)n1C1C2CNCC21. The van der Waals surface area contributed by atoms with Crippen LogP contribution in [0.25, 0.3) is 10.9 Å². The number of nitrogens with one attached hydrogen (secondary N) is 2. The van der Waals surface area contributed by atoms with E-state index in [2.05, 4.69) is 25.6 Å². The van der Waals surface area contributed by atoms with Crippen molar-refractivity contribution >= 4 is 40.1 Å². The van der Waals surface area contributed by atoms with Gasteiger partial charge in [-0.3, -0.25) is 9.36 Å². The number of nitrogens with two attached hydrogens (primary N) is 2. The predicted octanol–water partition coefficient (Wildman–Crippen LogP) is 1.02. The van der Waals surface area contributed by atoms with Crippen LogP contribution in [0.15, 0.2) is 16.9 Å². The summed E-state index contributed by atoms with van der Waals surface area (Å²) in [6.45, 7) is 1.58. The van der Waals surface area contributed by atoms with Gasteiger partial charge in [0, 0.05) is 19.1 Å². The number of rotatable bonds is 4. The molecule has 1 aromatic carbocycles. The van der Waals surface area contributed by atoms with E-state index in [1.165, 1.54) is 12.1 Å². The van der Waals surface area contributed by atoms with Crippen LogP contribution in [0.2, 0.25) is 5.02 Å². The molecule has 0 radical (unpaired) electrons. The molecule has 31 heavy (non-hydrogen) atoms. The van der Waals surface area contributed by atoms with Crippen LogP contribution in [0.4, 0.5) is 22.0 Å². The first kappa shape index (κ1) is 19.5. The number of aromatic nitrogens is 4. The lowest BCUT2D eigenvalue weighted by Crippen LogP contribution is -2.30. The standard InChI is InChI=1S/C19H17ClFN9O/c20-10-1-2-11(21)14-13(10)18(31)30(15-8-4-25-5-9(8)15)12(27-14)6-26-17-7(3-22)16(23)28-19(24)29-17/h1-2,8-9,15,25H,4-6H2,(H5,23,24,26,28,29). The number of benzene rings is 1. The van der Waals surface area contributed by atoms with Gasteiger partial charge in [-0.05, 0) is 24.0 Å². The minimum absolute atomic E-state index is 0.00885. The molecule has 6 N–H and O–H groups in total. The fourth-order valence-electron chi connectivity index (χ4n) is 4.37. The average molecular weight is 442 g/mol. The largest absolute Gasteiger partial charge is 0.382 e. The lowest BCUT2D eigenvalue weighted by molar-refractivity contribution is 0.531. The van der Waals surface area contributed by atoms with Crippen LogP contribution in [-0.4, -0.2) is 32.6 Å². The molecule has 12 heteroatoms. The predicted molar refractivity (Wildman–Crippen MR) is 113 cm³/mol. The third kappa shape index (κ3) is 3.03. The maximum atomic E-state index is 14.5. The highest BCUT2D eigenvalue weighted by molar-refractivity contribution is 6.35. The fourth-order valence-corrected chi connectivity index (χ4v) is 4.61. The van der Waals surface area contributed by atoms with Crippen LogP contribution in [0.3, 0.4) is 0 Å². The fraction of sp³-hybridized carbons (Fsp3) is 0.316. The van der Waals surface area contributed by atoms with E-state index in [1.54, 1.807) is 4.57 Å². The third-order valence-electron chi connectivity index (χ3n) is 5.85. The van der Waals surface area contributed by atoms with Gasteiger partial charge in [0.1, 0.15) is 34.6 Å². The highest BCUT2D eigenvalue weighted by atomic mass is 35.5. The molecule has 3 heterocycles. The van der Waals surface area contributed by atoms with E-state index in [9.17, 15) is 14.4 Å². The first-order valence-electron chi connectivity index (χ1n) is 9.57. The molecule has 158 valence electrons. The number of halogens is 2. The minimum Gasteiger partial charge on any atom is -0.382 e. The van der Waals surface area contributed by atoms with Gasteiger partial charge in [-0.15, -0.1) is 0 Å². The topological polar surface area (TPSA) is 161 Å². The number of piperidine rings is 1. The van der Waals surface area contributed by atoms with Crippen LogP contribution in [0.5, 0.6) is 0 Å². The van der Waals surface area contributed by atoms with E-state index < -0.39 is 11.4 Å². The molecule has 2 aliphatic rings. The Labute approximate surface area is 180 Å². The highest BCUT2D eigenvalue weighted by Gasteiger charge is 2.55. The molecule has 2 fully saturated rings. The smallest absolute Gasteiger partial charge is 0.263 e. The Balaban J connectivity index is 1.62. The van der Waals surface area contributed by atoms with E-state index in [-0.39, 0.29) is 51.7 Å².